The Labute approximate surface area is 191 Å². The molecule has 1 amide bonds. The molecule has 1 atom stereocenters. The molecule has 0 bridgehead atoms. The average Bonchev–Trinajstić information content (AvgIpc) is 3.48. The minimum atomic E-state index is 0.139. The zero-order valence-electron chi connectivity index (χ0n) is 18.2. The highest BCUT2D eigenvalue weighted by Gasteiger charge is 2.21. The van der Waals surface area contributed by atoms with Crippen LogP contribution in [0.25, 0.3) is 21.3 Å². The van der Waals surface area contributed by atoms with Gasteiger partial charge in [0.15, 0.2) is 0 Å². The molecule has 2 N–H and O–H groups in total. The van der Waals surface area contributed by atoms with E-state index >= 15 is 0 Å². The van der Waals surface area contributed by atoms with Crippen LogP contribution in [-0.2, 0) is 4.79 Å². The molecule has 168 valence electrons. The van der Waals surface area contributed by atoms with E-state index in [-0.39, 0.29) is 5.91 Å². The third-order valence-electron chi connectivity index (χ3n) is 6.21. The normalized spacial score (nSPS) is 18.7. The number of nitrogens with one attached hydrogen (secondary N) is 2. The number of thiazole rings is 1. The maximum absolute atomic E-state index is 11.4. The van der Waals surface area contributed by atoms with E-state index in [9.17, 15) is 4.79 Å². The minimum Gasteiger partial charge on any atom is -0.495 e. The van der Waals surface area contributed by atoms with Crippen LogP contribution < -0.4 is 25.0 Å². The van der Waals surface area contributed by atoms with Crippen LogP contribution in [0.3, 0.4) is 0 Å². The number of fused-ring (bicyclic) bond motifs is 1. The second-order valence-corrected chi connectivity index (χ2v) is 9.16. The molecule has 0 spiro atoms. The second-order valence-electron chi connectivity index (χ2n) is 8.31. The Bertz CT molecular complexity index is 1110. The van der Waals surface area contributed by atoms with Gasteiger partial charge in [-0.1, -0.05) is 6.07 Å². The number of benzene rings is 2. The molecule has 0 unspecified atom stereocenters. The van der Waals surface area contributed by atoms with E-state index in [2.05, 4.69) is 50.8 Å². The number of carbonyl (C=O) groups is 1. The summed E-state index contributed by atoms with van der Waals surface area (Å²) >= 11 is 1.59. The summed E-state index contributed by atoms with van der Waals surface area (Å²) in [6, 6.07) is 10.6. The number of methoxy groups -OCH3 is 1. The highest BCUT2D eigenvalue weighted by atomic mass is 32.1. The van der Waals surface area contributed by atoms with Crippen molar-refractivity contribution in [2.24, 2.45) is 5.92 Å². The highest BCUT2D eigenvalue weighted by Crippen LogP contribution is 2.38. The maximum Gasteiger partial charge on any atom is 0.220 e. The molecule has 2 fully saturated rings. The Balaban J connectivity index is 1.39. The van der Waals surface area contributed by atoms with Gasteiger partial charge in [-0.15, -0.1) is 11.3 Å². The number of aromatic nitrogens is 1. The molecule has 0 aliphatic carbocycles. The van der Waals surface area contributed by atoms with Crippen LogP contribution in [-0.4, -0.2) is 57.3 Å². The van der Waals surface area contributed by atoms with Gasteiger partial charge >= 0.3 is 0 Å². The van der Waals surface area contributed by atoms with Crippen LogP contribution in [0.4, 0.5) is 5.69 Å². The van der Waals surface area contributed by atoms with Gasteiger partial charge in [0.1, 0.15) is 11.5 Å². The first-order valence-corrected chi connectivity index (χ1v) is 12.0. The van der Waals surface area contributed by atoms with Crippen molar-refractivity contribution < 1.29 is 14.3 Å². The first-order valence-electron chi connectivity index (χ1n) is 11.1. The van der Waals surface area contributed by atoms with Gasteiger partial charge in [0.25, 0.3) is 0 Å². The summed E-state index contributed by atoms with van der Waals surface area (Å²) in [5, 5.41) is 6.29. The quantitative estimate of drug-likeness (QED) is 0.573. The predicted octanol–water partition coefficient (Wildman–Crippen LogP) is 3.29. The third-order valence-corrected chi connectivity index (χ3v) is 7.07. The minimum absolute atomic E-state index is 0.139. The number of ether oxygens (including phenoxy) is 2. The highest BCUT2D eigenvalue weighted by molar-refractivity contribution is 7.17. The summed E-state index contributed by atoms with van der Waals surface area (Å²) < 4.78 is 13.0. The van der Waals surface area contributed by atoms with E-state index in [1.54, 1.807) is 18.4 Å². The van der Waals surface area contributed by atoms with Gasteiger partial charge in [0.2, 0.25) is 5.91 Å². The SMILES string of the molecule is COc1cc(-c2cc(OCC[C@H]3CNC(=O)C3)c3scnc3c2)ccc1N1CCNCC1. The van der Waals surface area contributed by atoms with Crippen molar-refractivity contribution in [3.8, 4) is 22.6 Å². The Morgan fingerprint density at radius 3 is 2.78 bits per heavy atom. The van der Waals surface area contributed by atoms with Crippen molar-refractivity contribution in [1.82, 2.24) is 15.6 Å². The van der Waals surface area contributed by atoms with Gasteiger partial charge < -0.3 is 25.0 Å². The molecule has 5 rings (SSSR count). The molecule has 2 aliphatic heterocycles. The van der Waals surface area contributed by atoms with Gasteiger partial charge in [-0.3, -0.25) is 4.79 Å². The summed E-state index contributed by atoms with van der Waals surface area (Å²) in [5.41, 5.74) is 6.05. The Hall–Kier alpha value is -2.84. The lowest BCUT2D eigenvalue weighted by molar-refractivity contribution is -0.119. The lowest BCUT2D eigenvalue weighted by atomic mass is 10.0. The van der Waals surface area contributed by atoms with Crippen molar-refractivity contribution in [1.29, 1.82) is 0 Å². The van der Waals surface area contributed by atoms with E-state index in [1.165, 1.54) is 0 Å². The van der Waals surface area contributed by atoms with Crippen molar-refractivity contribution in [3.05, 3.63) is 35.8 Å². The van der Waals surface area contributed by atoms with Gasteiger partial charge in [0.05, 0.1) is 35.1 Å². The largest absolute Gasteiger partial charge is 0.495 e. The summed E-state index contributed by atoms with van der Waals surface area (Å²) in [5.74, 6) is 2.22. The van der Waals surface area contributed by atoms with Crippen molar-refractivity contribution in [3.63, 3.8) is 0 Å². The van der Waals surface area contributed by atoms with Crippen molar-refractivity contribution >= 4 is 33.1 Å². The summed E-state index contributed by atoms with van der Waals surface area (Å²) in [6.07, 6.45) is 1.45. The molecular weight excluding hydrogens is 424 g/mol. The third kappa shape index (κ3) is 4.38. The zero-order valence-corrected chi connectivity index (χ0v) is 19.0. The molecule has 7 nitrogen and oxygen atoms in total. The lowest BCUT2D eigenvalue weighted by Gasteiger charge is -2.30. The second kappa shape index (κ2) is 9.34. The number of amides is 1. The molecule has 32 heavy (non-hydrogen) atoms. The Morgan fingerprint density at radius 1 is 1.16 bits per heavy atom. The standard InChI is InChI=1S/C24H28N4O3S/c1-30-21-12-17(2-3-20(21)28-7-5-25-6-8-28)18-11-19-24(32-15-27-19)22(13-18)31-9-4-16-10-23(29)26-14-16/h2-3,11-13,15-16,25H,4-10,14H2,1H3,(H,26,29)/t16-/m1/s1. The number of hydrogen-bond acceptors (Lipinski definition) is 7. The number of nitrogens with zero attached hydrogens (tertiary/aromatic N) is 2. The van der Waals surface area contributed by atoms with Crippen LogP contribution >= 0.6 is 11.3 Å². The number of anilines is 1. The number of hydrogen-bond donors (Lipinski definition) is 2. The molecule has 0 saturated carbocycles. The first-order chi connectivity index (χ1) is 15.7. The monoisotopic (exact) mass is 452 g/mol. The average molecular weight is 453 g/mol. The van der Waals surface area contributed by atoms with Gasteiger partial charge in [-0.25, -0.2) is 4.98 Å². The smallest absolute Gasteiger partial charge is 0.220 e. The van der Waals surface area contributed by atoms with Crippen LogP contribution in [0.2, 0.25) is 0 Å². The predicted molar refractivity (Wildman–Crippen MR) is 128 cm³/mol. The van der Waals surface area contributed by atoms with E-state index in [4.69, 9.17) is 9.47 Å². The molecule has 1 aromatic heterocycles. The number of rotatable bonds is 7. The number of piperazine rings is 1. The fraction of sp³-hybridized carbons (Fsp3) is 0.417. The summed E-state index contributed by atoms with van der Waals surface area (Å²) in [7, 11) is 1.73. The van der Waals surface area contributed by atoms with Crippen LogP contribution in [0.15, 0.2) is 35.8 Å². The van der Waals surface area contributed by atoms with Crippen LogP contribution in [0.5, 0.6) is 11.5 Å². The topological polar surface area (TPSA) is 75.7 Å². The van der Waals surface area contributed by atoms with Crippen molar-refractivity contribution in [2.45, 2.75) is 12.8 Å². The van der Waals surface area contributed by atoms with Gasteiger partial charge in [-0.05, 0) is 47.7 Å². The van der Waals surface area contributed by atoms with Gasteiger partial charge in [-0.2, -0.15) is 0 Å². The molecule has 3 aromatic rings. The molecule has 3 heterocycles. The molecule has 2 aliphatic rings. The van der Waals surface area contributed by atoms with E-state index in [1.807, 2.05) is 5.51 Å². The van der Waals surface area contributed by atoms with E-state index < -0.39 is 0 Å². The molecule has 8 heteroatoms. The summed E-state index contributed by atoms with van der Waals surface area (Å²) in [4.78, 5) is 18.3. The molecule has 2 aromatic carbocycles. The lowest BCUT2D eigenvalue weighted by Crippen LogP contribution is -2.43. The zero-order chi connectivity index (χ0) is 21.9. The molecular formula is C24H28N4O3S. The van der Waals surface area contributed by atoms with Crippen LogP contribution in [0, 0.1) is 5.92 Å². The van der Waals surface area contributed by atoms with Crippen LogP contribution in [0.1, 0.15) is 12.8 Å². The van der Waals surface area contributed by atoms with Gasteiger partial charge in [0, 0.05) is 39.1 Å². The van der Waals surface area contributed by atoms with E-state index in [0.29, 0.717) is 18.9 Å². The summed E-state index contributed by atoms with van der Waals surface area (Å²) in [6.45, 7) is 5.24. The Morgan fingerprint density at radius 2 is 2.00 bits per heavy atom. The van der Waals surface area contributed by atoms with Crippen molar-refractivity contribution in [2.75, 3.05) is 51.3 Å². The fourth-order valence-corrected chi connectivity index (χ4v) is 5.18. The molecule has 2 saturated heterocycles. The fourth-order valence-electron chi connectivity index (χ4n) is 4.44. The first kappa shape index (κ1) is 21.0. The Kier molecular flexibility index (Phi) is 6.14. The van der Waals surface area contributed by atoms with E-state index in [0.717, 1.165) is 77.7 Å². The maximum atomic E-state index is 11.4. The molecule has 0 radical (unpaired) electrons. The number of carbonyl (C=O) groups excluding carboxylic acids is 1.